The maximum Gasteiger partial charge on any atom is 0.264 e. The maximum atomic E-state index is 10.8. The molecule has 0 radical (unpaired) electrons. The summed E-state index contributed by atoms with van der Waals surface area (Å²) in [5.74, 6) is 2.62. The van der Waals surface area contributed by atoms with E-state index < -0.39 is 10.1 Å². The summed E-state index contributed by atoms with van der Waals surface area (Å²) in [5, 5.41) is 0. The zero-order valence-corrected chi connectivity index (χ0v) is 11.1. The van der Waals surface area contributed by atoms with E-state index in [9.17, 15) is 8.42 Å². The van der Waals surface area contributed by atoms with Crippen LogP contribution in [0.2, 0.25) is 0 Å². The maximum absolute atomic E-state index is 10.8. The van der Waals surface area contributed by atoms with Gasteiger partial charge in [-0.25, -0.2) is 0 Å². The lowest BCUT2D eigenvalue weighted by molar-refractivity contribution is 0.216. The number of terminal acetylenes is 1. The Morgan fingerprint density at radius 1 is 1.19 bits per heavy atom. The van der Waals surface area contributed by atoms with Crippen LogP contribution >= 0.6 is 0 Å². The van der Waals surface area contributed by atoms with Gasteiger partial charge in [0.25, 0.3) is 10.1 Å². The van der Waals surface area contributed by atoms with Crippen LogP contribution in [0, 0.1) is 12.3 Å². The molecule has 16 heavy (non-hydrogen) atoms. The van der Waals surface area contributed by atoms with E-state index in [0.717, 1.165) is 51.2 Å². The van der Waals surface area contributed by atoms with Gasteiger partial charge in [-0.1, -0.05) is 25.7 Å². The van der Waals surface area contributed by atoms with Crippen LogP contribution in [0.1, 0.15) is 51.9 Å². The highest BCUT2D eigenvalue weighted by Gasteiger charge is 2.09. The lowest BCUT2D eigenvalue weighted by Crippen LogP contribution is -2.13. The summed E-state index contributed by atoms with van der Waals surface area (Å²) in [5.41, 5.74) is 0. The van der Waals surface area contributed by atoms with Gasteiger partial charge >= 0.3 is 0 Å². The molecule has 0 aromatic carbocycles. The molecule has 0 saturated heterocycles. The summed E-state index contributed by atoms with van der Waals surface area (Å²) in [6.07, 6.45) is 13.2. The predicted molar refractivity (Wildman–Crippen MR) is 66.5 cm³/mol. The number of unbranched alkanes of at least 4 members (excludes halogenated alkanes) is 5. The van der Waals surface area contributed by atoms with E-state index in [1.54, 1.807) is 6.92 Å². The molecule has 0 N–H and O–H groups in total. The van der Waals surface area contributed by atoms with Crippen LogP contribution in [0.3, 0.4) is 0 Å². The van der Waals surface area contributed by atoms with Gasteiger partial charge in [-0.15, -0.1) is 12.3 Å². The third-order valence-electron chi connectivity index (χ3n) is 2.27. The second-order valence-electron chi connectivity index (χ2n) is 4.12. The Morgan fingerprint density at radius 2 is 1.75 bits per heavy atom. The molecule has 0 rings (SSSR count). The molecular formula is C12H22O3S. The predicted octanol–water partition coefficient (Wildman–Crippen LogP) is 2.72. The quantitative estimate of drug-likeness (QED) is 0.357. The first-order valence-electron chi connectivity index (χ1n) is 5.77. The first-order chi connectivity index (χ1) is 7.45. The zero-order valence-electron chi connectivity index (χ0n) is 10.2. The Morgan fingerprint density at radius 3 is 2.31 bits per heavy atom. The minimum Gasteiger partial charge on any atom is -0.267 e. The van der Waals surface area contributed by atoms with E-state index in [4.69, 9.17) is 10.6 Å². The highest BCUT2D eigenvalue weighted by atomic mass is 32.2. The van der Waals surface area contributed by atoms with Crippen LogP contribution in [-0.4, -0.2) is 20.8 Å². The molecule has 0 saturated carbocycles. The Balaban J connectivity index is 3.35. The molecule has 0 bridgehead atoms. The average molecular weight is 246 g/mol. The zero-order chi connectivity index (χ0) is 12.4. The largest absolute Gasteiger partial charge is 0.267 e. The van der Waals surface area contributed by atoms with E-state index in [1.165, 1.54) is 0 Å². The van der Waals surface area contributed by atoms with Gasteiger partial charge in [-0.05, 0) is 19.8 Å². The van der Waals surface area contributed by atoms with Gasteiger partial charge in [0, 0.05) is 6.42 Å². The van der Waals surface area contributed by atoms with Gasteiger partial charge in [0.15, 0.2) is 0 Å². The summed E-state index contributed by atoms with van der Waals surface area (Å²) < 4.78 is 26.4. The minimum absolute atomic E-state index is 0.208. The van der Waals surface area contributed by atoms with E-state index in [1.807, 2.05) is 0 Å². The normalized spacial score (nSPS) is 13.3. The van der Waals surface area contributed by atoms with Crippen LogP contribution in [0.25, 0.3) is 0 Å². The van der Waals surface area contributed by atoms with Crippen LogP contribution in [0.4, 0.5) is 0 Å². The lowest BCUT2D eigenvalue weighted by atomic mass is 10.1. The number of hydrogen-bond acceptors (Lipinski definition) is 3. The summed E-state index contributed by atoms with van der Waals surface area (Å²) >= 11 is 0. The van der Waals surface area contributed by atoms with Crippen molar-refractivity contribution in [3.8, 4) is 12.3 Å². The van der Waals surface area contributed by atoms with Crippen molar-refractivity contribution in [2.45, 2.75) is 58.0 Å². The highest BCUT2D eigenvalue weighted by Crippen LogP contribution is 2.11. The monoisotopic (exact) mass is 246 g/mol. The molecule has 0 amide bonds. The van der Waals surface area contributed by atoms with Crippen molar-refractivity contribution in [2.24, 2.45) is 0 Å². The molecule has 94 valence electrons. The molecule has 3 nitrogen and oxygen atoms in total. The summed E-state index contributed by atoms with van der Waals surface area (Å²) in [6, 6.07) is 0. The number of hydrogen-bond donors (Lipinski definition) is 0. The fourth-order valence-corrected chi connectivity index (χ4v) is 2.23. The van der Waals surface area contributed by atoms with Crippen molar-refractivity contribution in [1.29, 1.82) is 0 Å². The molecule has 4 heteroatoms. The Kier molecular flexibility index (Phi) is 8.32. The van der Waals surface area contributed by atoms with Crippen molar-refractivity contribution >= 4 is 10.1 Å². The fraction of sp³-hybridized carbons (Fsp3) is 0.833. The van der Waals surface area contributed by atoms with E-state index in [-0.39, 0.29) is 6.10 Å². The third-order valence-corrected chi connectivity index (χ3v) is 2.95. The van der Waals surface area contributed by atoms with Crippen LogP contribution in [-0.2, 0) is 14.3 Å². The Bertz CT molecular complexity index is 301. The number of rotatable bonds is 9. The first kappa shape index (κ1) is 15.5. The molecule has 0 aliphatic carbocycles. The van der Waals surface area contributed by atoms with E-state index >= 15 is 0 Å². The van der Waals surface area contributed by atoms with Crippen molar-refractivity contribution in [1.82, 2.24) is 0 Å². The van der Waals surface area contributed by atoms with Crippen LogP contribution < -0.4 is 0 Å². The molecule has 0 heterocycles. The fourth-order valence-electron chi connectivity index (χ4n) is 1.54. The topological polar surface area (TPSA) is 43.4 Å². The molecule has 1 atom stereocenters. The van der Waals surface area contributed by atoms with Crippen LogP contribution in [0.5, 0.6) is 0 Å². The summed E-state index contributed by atoms with van der Waals surface area (Å²) in [6.45, 7) is 1.79. The van der Waals surface area contributed by atoms with Gasteiger partial charge in [0.1, 0.15) is 0 Å². The Labute approximate surface area is 99.7 Å². The second-order valence-corrected chi connectivity index (χ2v) is 5.72. The second kappa shape index (κ2) is 8.60. The van der Waals surface area contributed by atoms with Crippen molar-refractivity contribution in [2.75, 3.05) is 6.26 Å². The summed E-state index contributed by atoms with van der Waals surface area (Å²) in [7, 11) is -3.30. The van der Waals surface area contributed by atoms with E-state index in [2.05, 4.69) is 5.92 Å². The van der Waals surface area contributed by atoms with Crippen molar-refractivity contribution in [3.63, 3.8) is 0 Å². The molecule has 0 aromatic rings. The molecule has 1 unspecified atom stereocenters. The van der Waals surface area contributed by atoms with Gasteiger partial charge < -0.3 is 0 Å². The SMILES string of the molecule is C#CCCCCCCCC(C)OS(C)(=O)=O. The van der Waals surface area contributed by atoms with Gasteiger partial charge in [-0.3, -0.25) is 4.18 Å². The van der Waals surface area contributed by atoms with Gasteiger partial charge in [0.2, 0.25) is 0 Å². The highest BCUT2D eigenvalue weighted by molar-refractivity contribution is 7.86. The molecule has 0 aliphatic heterocycles. The standard InChI is InChI=1S/C12H22O3S/c1-4-5-6-7-8-9-10-11-12(2)15-16(3,13)14/h1,12H,5-11H2,2-3H3. The lowest BCUT2D eigenvalue weighted by Gasteiger charge is -2.10. The van der Waals surface area contributed by atoms with Crippen molar-refractivity contribution in [3.05, 3.63) is 0 Å². The average Bonchev–Trinajstić information content (AvgIpc) is 2.13. The first-order valence-corrected chi connectivity index (χ1v) is 7.59. The van der Waals surface area contributed by atoms with E-state index in [0.29, 0.717) is 0 Å². The van der Waals surface area contributed by atoms with Crippen LogP contribution in [0.15, 0.2) is 0 Å². The molecule has 0 aromatic heterocycles. The molecule has 0 fully saturated rings. The van der Waals surface area contributed by atoms with Gasteiger partial charge in [0.05, 0.1) is 12.4 Å². The minimum atomic E-state index is -3.30. The summed E-state index contributed by atoms with van der Waals surface area (Å²) in [4.78, 5) is 0. The molecule has 0 spiro atoms. The molecular weight excluding hydrogens is 224 g/mol. The third kappa shape index (κ3) is 11.5. The smallest absolute Gasteiger partial charge is 0.264 e. The van der Waals surface area contributed by atoms with Crippen molar-refractivity contribution < 1.29 is 12.6 Å². The Hall–Kier alpha value is -0.530. The molecule has 0 aliphatic rings. The van der Waals surface area contributed by atoms with Gasteiger partial charge in [-0.2, -0.15) is 8.42 Å².